The van der Waals surface area contributed by atoms with E-state index in [2.05, 4.69) is 5.32 Å². The van der Waals surface area contributed by atoms with E-state index in [1.165, 1.54) is 5.56 Å². The van der Waals surface area contributed by atoms with Crippen molar-refractivity contribution >= 4 is 5.91 Å². The number of amides is 1. The standard InChI is InChI=1S/C16H26N2O4/c19-11-8-18(9-12-20)10-13-22-14-16(21)17-7-6-15-4-2-1-3-5-15/h1-5,19-20H,6-14H2,(H,17,21). The first kappa shape index (κ1) is 18.6. The minimum atomic E-state index is -0.133. The molecule has 0 aliphatic heterocycles. The van der Waals surface area contributed by atoms with Crippen molar-refractivity contribution in [2.75, 3.05) is 52.6 Å². The number of hydrogen-bond acceptors (Lipinski definition) is 5. The van der Waals surface area contributed by atoms with E-state index in [9.17, 15) is 4.79 Å². The molecule has 0 unspecified atom stereocenters. The summed E-state index contributed by atoms with van der Waals surface area (Å²) in [4.78, 5) is 13.5. The predicted molar refractivity (Wildman–Crippen MR) is 84.6 cm³/mol. The van der Waals surface area contributed by atoms with Gasteiger partial charge in [0.25, 0.3) is 0 Å². The molecule has 0 aromatic heterocycles. The van der Waals surface area contributed by atoms with Crippen molar-refractivity contribution in [1.82, 2.24) is 10.2 Å². The van der Waals surface area contributed by atoms with Crippen molar-refractivity contribution in [2.24, 2.45) is 0 Å². The molecule has 0 radical (unpaired) electrons. The molecular formula is C16H26N2O4. The Kier molecular flexibility index (Phi) is 10.2. The molecule has 0 fully saturated rings. The van der Waals surface area contributed by atoms with E-state index < -0.39 is 0 Å². The first-order chi connectivity index (χ1) is 10.8. The van der Waals surface area contributed by atoms with E-state index in [4.69, 9.17) is 14.9 Å². The van der Waals surface area contributed by atoms with E-state index in [1.807, 2.05) is 35.2 Å². The summed E-state index contributed by atoms with van der Waals surface area (Å²) in [6.07, 6.45) is 0.799. The lowest BCUT2D eigenvalue weighted by atomic mass is 10.1. The van der Waals surface area contributed by atoms with Crippen LogP contribution >= 0.6 is 0 Å². The number of carbonyl (C=O) groups excluding carboxylic acids is 1. The molecule has 0 spiro atoms. The Balaban J connectivity index is 2.05. The Morgan fingerprint density at radius 1 is 1.09 bits per heavy atom. The minimum absolute atomic E-state index is 0.0287. The average Bonchev–Trinajstić information content (AvgIpc) is 2.53. The second-order valence-corrected chi connectivity index (χ2v) is 4.93. The van der Waals surface area contributed by atoms with Gasteiger partial charge in [0.05, 0.1) is 19.8 Å². The summed E-state index contributed by atoms with van der Waals surface area (Å²) in [5, 5.41) is 20.6. The van der Waals surface area contributed by atoms with E-state index in [0.717, 1.165) is 6.42 Å². The normalized spacial score (nSPS) is 10.9. The highest BCUT2D eigenvalue weighted by molar-refractivity contribution is 5.77. The molecule has 1 aromatic carbocycles. The largest absolute Gasteiger partial charge is 0.395 e. The maximum Gasteiger partial charge on any atom is 0.246 e. The maximum absolute atomic E-state index is 11.6. The van der Waals surface area contributed by atoms with E-state index >= 15 is 0 Å². The van der Waals surface area contributed by atoms with Crippen LogP contribution in [0.4, 0.5) is 0 Å². The molecule has 1 rings (SSSR count). The zero-order valence-corrected chi connectivity index (χ0v) is 12.9. The fourth-order valence-corrected chi connectivity index (χ4v) is 2.02. The number of nitrogens with one attached hydrogen (secondary N) is 1. The highest BCUT2D eigenvalue weighted by atomic mass is 16.5. The number of benzene rings is 1. The van der Waals surface area contributed by atoms with Crippen molar-refractivity contribution < 1.29 is 19.7 Å². The summed E-state index contributed by atoms with van der Waals surface area (Å²) in [7, 11) is 0. The highest BCUT2D eigenvalue weighted by Gasteiger charge is 2.05. The van der Waals surface area contributed by atoms with Gasteiger partial charge >= 0.3 is 0 Å². The number of carbonyl (C=O) groups is 1. The number of aliphatic hydroxyl groups is 2. The van der Waals surface area contributed by atoms with Gasteiger partial charge in [-0.25, -0.2) is 0 Å². The van der Waals surface area contributed by atoms with Crippen LogP contribution in [0.25, 0.3) is 0 Å². The second kappa shape index (κ2) is 12.1. The number of aliphatic hydroxyl groups excluding tert-OH is 2. The van der Waals surface area contributed by atoms with Crippen LogP contribution in [0, 0.1) is 0 Å². The van der Waals surface area contributed by atoms with Crippen molar-refractivity contribution in [3.63, 3.8) is 0 Å². The van der Waals surface area contributed by atoms with Gasteiger partial charge in [-0.1, -0.05) is 30.3 Å². The third-order valence-corrected chi connectivity index (χ3v) is 3.20. The molecule has 0 aliphatic carbocycles. The lowest BCUT2D eigenvalue weighted by Crippen LogP contribution is -2.34. The molecule has 6 nitrogen and oxygen atoms in total. The Morgan fingerprint density at radius 2 is 1.77 bits per heavy atom. The monoisotopic (exact) mass is 310 g/mol. The van der Waals surface area contributed by atoms with E-state index in [0.29, 0.717) is 32.8 Å². The van der Waals surface area contributed by atoms with Gasteiger partial charge in [0, 0.05) is 26.2 Å². The fraction of sp³-hybridized carbons (Fsp3) is 0.562. The molecule has 3 N–H and O–H groups in total. The molecule has 1 aromatic rings. The summed E-state index contributed by atoms with van der Waals surface area (Å²) in [5.41, 5.74) is 1.19. The molecule has 1 amide bonds. The SMILES string of the molecule is O=C(COCCN(CCO)CCO)NCCc1ccccc1. The van der Waals surface area contributed by atoms with E-state index in [1.54, 1.807) is 0 Å². The lowest BCUT2D eigenvalue weighted by Gasteiger charge is -2.19. The topological polar surface area (TPSA) is 82.0 Å². The molecule has 6 heteroatoms. The number of nitrogens with zero attached hydrogens (tertiary/aromatic N) is 1. The minimum Gasteiger partial charge on any atom is -0.395 e. The van der Waals surface area contributed by atoms with Crippen LogP contribution in [-0.4, -0.2) is 73.6 Å². The second-order valence-electron chi connectivity index (χ2n) is 4.93. The van der Waals surface area contributed by atoms with Gasteiger partial charge in [-0.3, -0.25) is 9.69 Å². The molecule has 0 atom stereocenters. The molecule has 0 saturated heterocycles. The Bertz CT molecular complexity index is 394. The Labute approximate surface area is 131 Å². The summed E-state index contributed by atoms with van der Waals surface area (Å²) < 4.78 is 5.30. The molecular weight excluding hydrogens is 284 g/mol. The third-order valence-electron chi connectivity index (χ3n) is 3.20. The van der Waals surface area contributed by atoms with Gasteiger partial charge in [0.1, 0.15) is 6.61 Å². The zero-order valence-electron chi connectivity index (χ0n) is 12.9. The van der Waals surface area contributed by atoms with Crippen molar-refractivity contribution in [2.45, 2.75) is 6.42 Å². The van der Waals surface area contributed by atoms with Crippen LogP contribution in [0.2, 0.25) is 0 Å². The highest BCUT2D eigenvalue weighted by Crippen LogP contribution is 1.98. The Morgan fingerprint density at radius 3 is 2.41 bits per heavy atom. The molecule has 0 aliphatic rings. The lowest BCUT2D eigenvalue weighted by molar-refractivity contribution is -0.125. The number of rotatable bonds is 12. The fourth-order valence-electron chi connectivity index (χ4n) is 2.02. The van der Waals surface area contributed by atoms with Crippen molar-refractivity contribution in [3.8, 4) is 0 Å². The van der Waals surface area contributed by atoms with Crippen LogP contribution < -0.4 is 5.32 Å². The van der Waals surface area contributed by atoms with Gasteiger partial charge in [-0.15, -0.1) is 0 Å². The van der Waals surface area contributed by atoms with Crippen LogP contribution in [0.15, 0.2) is 30.3 Å². The van der Waals surface area contributed by atoms with Gasteiger partial charge in [-0.2, -0.15) is 0 Å². The van der Waals surface area contributed by atoms with Crippen LogP contribution in [-0.2, 0) is 16.0 Å². The van der Waals surface area contributed by atoms with Gasteiger partial charge < -0.3 is 20.3 Å². The number of hydrogen-bond donors (Lipinski definition) is 3. The molecule has 22 heavy (non-hydrogen) atoms. The zero-order chi connectivity index (χ0) is 16.0. The van der Waals surface area contributed by atoms with Crippen molar-refractivity contribution in [1.29, 1.82) is 0 Å². The van der Waals surface area contributed by atoms with Crippen LogP contribution in [0.3, 0.4) is 0 Å². The van der Waals surface area contributed by atoms with Crippen LogP contribution in [0.5, 0.6) is 0 Å². The predicted octanol–water partition coefficient (Wildman–Crippen LogP) is -0.351. The van der Waals surface area contributed by atoms with E-state index in [-0.39, 0.29) is 25.7 Å². The average molecular weight is 310 g/mol. The summed E-state index contributed by atoms with van der Waals surface area (Å²) in [6.45, 7) is 2.67. The molecule has 0 saturated carbocycles. The summed E-state index contributed by atoms with van der Waals surface area (Å²) in [6, 6.07) is 9.97. The first-order valence-electron chi connectivity index (χ1n) is 7.58. The van der Waals surface area contributed by atoms with Gasteiger partial charge in [-0.05, 0) is 12.0 Å². The van der Waals surface area contributed by atoms with Crippen molar-refractivity contribution in [3.05, 3.63) is 35.9 Å². The smallest absolute Gasteiger partial charge is 0.246 e. The van der Waals surface area contributed by atoms with Crippen LogP contribution in [0.1, 0.15) is 5.56 Å². The molecule has 0 heterocycles. The molecule has 0 bridgehead atoms. The third kappa shape index (κ3) is 8.74. The maximum atomic E-state index is 11.6. The quantitative estimate of drug-likeness (QED) is 0.460. The summed E-state index contributed by atoms with van der Waals surface area (Å²) >= 11 is 0. The number of ether oxygens (including phenoxy) is 1. The van der Waals surface area contributed by atoms with Gasteiger partial charge in [0.15, 0.2) is 0 Å². The Hall–Kier alpha value is -1.47. The first-order valence-corrected chi connectivity index (χ1v) is 7.58. The van der Waals surface area contributed by atoms with Gasteiger partial charge in [0.2, 0.25) is 5.91 Å². The molecule has 124 valence electrons. The summed E-state index contributed by atoms with van der Waals surface area (Å²) in [5.74, 6) is -0.133.